The number of hydrogen-bond acceptors (Lipinski definition) is 2. The summed E-state index contributed by atoms with van der Waals surface area (Å²) in [4.78, 5) is 2.36. The molecule has 1 aromatic carbocycles. The maximum absolute atomic E-state index is 5.51. The van der Waals surface area contributed by atoms with Gasteiger partial charge in [-0.1, -0.05) is 29.8 Å². The Balaban J connectivity index is 2.20. The predicted octanol–water partition coefficient (Wildman–Crippen LogP) is 2.00. The van der Waals surface area contributed by atoms with E-state index in [0.717, 1.165) is 19.8 Å². The molecule has 0 radical (unpaired) electrons. The fourth-order valence-electron chi connectivity index (χ4n) is 1.91. The number of rotatable bonds is 1. The van der Waals surface area contributed by atoms with Crippen LogP contribution in [0.2, 0.25) is 0 Å². The summed E-state index contributed by atoms with van der Waals surface area (Å²) in [5.41, 5.74) is 2.69. The number of nitrogens with zero attached hydrogens (tertiary/aromatic N) is 1. The van der Waals surface area contributed by atoms with Crippen LogP contribution in [0.3, 0.4) is 0 Å². The highest BCUT2D eigenvalue weighted by atomic mass is 16.5. The summed E-state index contributed by atoms with van der Waals surface area (Å²) in [7, 11) is 2.16. The fourth-order valence-corrected chi connectivity index (χ4v) is 1.91. The highest BCUT2D eigenvalue weighted by Crippen LogP contribution is 2.22. The standard InChI is InChI=1S/C12H17NO/c1-10-4-3-5-11(8-10)12-9-14-7-6-13(12)2/h3-5,8,12H,6-7,9H2,1-2H3. The average Bonchev–Trinajstić information content (AvgIpc) is 2.18. The van der Waals surface area contributed by atoms with Crippen LogP contribution in [0.25, 0.3) is 0 Å². The van der Waals surface area contributed by atoms with Crippen molar-refractivity contribution in [1.29, 1.82) is 0 Å². The number of aryl methyl sites for hydroxylation is 1. The van der Waals surface area contributed by atoms with Gasteiger partial charge in [-0.05, 0) is 19.5 Å². The van der Waals surface area contributed by atoms with Crippen LogP contribution in [0, 0.1) is 6.92 Å². The Labute approximate surface area is 85.5 Å². The van der Waals surface area contributed by atoms with Crippen LogP contribution in [0.5, 0.6) is 0 Å². The molecule has 1 heterocycles. The van der Waals surface area contributed by atoms with Gasteiger partial charge >= 0.3 is 0 Å². The number of morpholine rings is 1. The van der Waals surface area contributed by atoms with Crippen molar-refractivity contribution in [2.75, 3.05) is 26.8 Å². The van der Waals surface area contributed by atoms with Crippen LogP contribution in [0.4, 0.5) is 0 Å². The van der Waals surface area contributed by atoms with Gasteiger partial charge in [0.1, 0.15) is 0 Å². The first-order valence-electron chi connectivity index (χ1n) is 5.12. The van der Waals surface area contributed by atoms with E-state index in [9.17, 15) is 0 Å². The third-order valence-electron chi connectivity index (χ3n) is 2.82. The monoisotopic (exact) mass is 191 g/mol. The zero-order valence-corrected chi connectivity index (χ0v) is 8.86. The van der Waals surface area contributed by atoms with Crippen LogP contribution in [-0.2, 0) is 4.74 Å². The molecule has 0 saturated carbocycles. The second kappa shape index (κ2) is 4.11. The van der Waals surface area contributed by atoms with Crippen LogP contribution in [-0.4, -0.2) is 31.7 Å². The molecule has 1 aromatic rings. The van der Waals surface area contributed by atoms with Gasteiger partial charge in [0.15, 0.2) is 0 Å². The minimum absolute atomic E-state index is 0.434. The molecule has 1 aliphatic rings. The molecule has 2 heteroatoms. The lowest BCUT2D eigenvalue weighted by atomic mass is 10.0. The van der Waals surface area contributed by atoms with Crippen molar-refractivity contribution in [2.45, 2.75) is 13.0 Å². The van der Waals surface area contributed by atoms with Crippen molar-refractivity contribution in [3.8, 4) is 0 Å². The highest BCUT2D eigenvalue weighted by Gasteiger charge is 2.20. The van der Waals surface area contributed by atoms with Crippen LogP contribution in [0.1, 0.15) is 17.2 Å². The minimum Gasteiger partial charge on any atom is -0.378 e. The van der Waals surface area contributed by atoms with Crippen molar-refractivity contribution in [2.24, 2.45) is 0 Å². The molecule has 1 atom stereocenters. The minimum atomic E-state index is 0.434. The summed E-state index contributed by atoms with van der Waals surface area (Å²) in [5.74, 6) is 0. The smallest absolute Gasteiger partial charge is 0.0664 e. The quantitative estimate of drug-likeness (QED) is 0.673. The van der Waals surface area contributed by atoms with E-state index in [1.54, 1.807) is 0 Å². The zero-order chi connectivity index (χ0) is 9.97. The number of likely N-dealkylation sites (N-methyl/N-ethyl adjacent to an activating group) is 1. The van der Waals surface area contributed by atoms with Crippen LogP contribution >= 0.6 is 0 Å². The normalized spacial score (nSPS) is 23.7. The second-order valence-corrected chi connectivity index (χ2v) is 3.99. The van der Waals surface area contributed by atoms with Crippen molar-refractivity contribution in [3.63, 3.8) is 0 Å². The van der Waals surface area contributed by atoms with Gasteiger partial charge in [-0.2, -0.15) is 0 Å². The van der Waals surface area contributed by atoms with Crippen molar-refractivity contribution in [1.82, 2.24) is 4.90 Å². The predicted molar refractivity (Wildman–Crippen MR) is 57.4 cm³/mol. The first-order valence-corrected chi connectivity index (χ1v) is 5.12. The lowest BCUT2D eigenvalue weighted by Gasteiger charge is -2.32. The van der Waals surface area contributed by atoms with Gasteiger partial charge in [-0.3, -0.25) is 4.90 Å². The van der Waals surface area contributed by atoms with Crippen molar-refractivity contribution >= 4 is 0 Å². The summed E-state index contributed by atoms with van der Waals surface area (Å²) in [6.07, 6.45) is 0. The maximum Gasteiger partial charge on any atom is 0.0664 e. The Kier molecular flexibility index (Phi) is 2.85. The van der Waals surface area contributed by atoms with Gasteiger partial charge < -0.3 is 4.74 Å². The van der Waals surface area contributed by atoms with E-state index in [-0.39, 0.29) is 0 Å². The number of hydrogen-bond donors (Lipinski definition) is 0. The molecule has 0 spiro atoms. The lowest BCUT2D eigenvalue weighted by molar-refractivity contribution is 0.00504. The molecule has 1 aliphatic heterocycles. The zero-order valence-electron chi connectivity index (χ0n) is 8.86. The molecule has 1 fully saturated rings. The van der Waals surface area contributed by atoms with E-state index < -0.39 is 0 Å². The maximum atomic E-state index is 5.51. The molecule has 0 bridgehead atoms. The second-order valence-electron chi connectivity index (χ2n) is 3.99. The first-order chi connectivity index (χ1) is 6.77. The topological polar surface area (TPSA) is 12.5 Å². The van der Waals surface area contributed by atoms with Gasteiger partial charge in [0, 0.05) is 6.54 Å². The molecule has 76 valence electrons. The summed E-state index contributed by atoms with van der Waals surface area (Å²) in [6.45, 7) is 4.84. The van der Waals surface area contributed by atoms with E-state index in [4.69, 9.17) is 4.74 Å². The van der Waals surface area contributed by atoms with Gasteiger partial charge in [0.25, 0.3) is 0 Å². The molecule has 0 amide bonds. The van der Waals surface area contributed by atoms with E-state index >= 15 is 0 Å². The summed E-state index contributed by atoms with van der Waals surface area (Å²) >= 11 is 0. The van der Waals surface area contributed by atoms with E-state index in [0.29, 0.717) is 6.04 Å². The third-order valence-corrected chi connectivity index (χ3v) is 2.82. The molecule has 1 saturated heterocycles. The third kappa shape index (κ3) is 1.97. The van der Waals surface area contributed by atoms with Crippen molar-refractivity contribution in [3.05, 3.63) is 35.4 Å². The number of ether oxygens (including phenoxy) is 1. The fraction of sp³-hybridized carbons (Fsp3) is 0.500. The number of benzene rings is 1. The average molecular weight is 191 g/mol. The highest BCUT2D eigenvalue weighted by molar-refractivity contribution is 5.25. The van der Waals surface area contributed by atoms with Gasteiger partial charge in [-0.25, -0.2) is 0 Å². The molecular formula is C12H17NO. The molecule has 14 heavy (non-hydrogen) atoms. The lowest BCUT2D eigenvalue weighted by Crippen LogP contribution is -2.36. The Morgan fingerprint density at radius 1 is 1.43 bits per heavy atom. The Hall–Kier alpha value is -0.860. The molecule has 0 aromatic heterocycles. The van der Waals surface area contributed by atoms with Gasteiger partial charge in [0.2, 0.25) is 0 Å². The molecule has 2 rings (SSSR count). The van der Waals surface area contributed by atoms with E-state index in [2.05, 4.69) is 43.1 Å². The summed E-state index contributed by atoms with van der Waals surface area (Å²) < 4.78 is 5.51. The molecule has 0 aliphatic carbocycles. The SMILES string of the molecule is Cc1cccc(C2COCCN2C)c1. The molecule has 0 N–H and O–H groups in total. The summed E-state index contributed by atoms with van der Waals surface area (Å²) in [5, 5.41) is 0. The van der Waals surface area contributed by atoms with Crippen molar-refractivity contribution < 1.29 is 4.74 Å². The van der Waals surface area contributed by atoms with Crippen LogP contribution < -0.4 is 0 Å². The first kappa shape index (κ1) is 9.69. The Morgan fingerprint density at radius 3 is 3.00 bits per heavy atom. The van der Waals surface area contributed by atoms with Crippen LogP contribution in [0.15, 0.2) is 24.3 Å². The molecular weight excluding hydrogens is 174 g/mol. The van der Waals surface area contributed by atoms with E-state index in [1.165, 1.54) is 11.1 Å². The Bertz CT molecular complexity index is 311. The largest absolute Gasteiger partial charge is 0.378 e. The molecule has 1 unspecified atom stereocenters. The Morgan fingerprint density at radius 2 is 2.29 bits per heavy atom. The van der Waals surface area contributed by atoms with Gasteiger partial charge in [-0.15, -0.1) is 0 Å². The van der Waals surface area contributed by atoms with E-state index in [1.807, 2.05) is 0 Å². The van der Waals surface area contributed by atoms with Gasteiger partial charge in [0.05, 0.1) is 19.3 Å². The molecule has 2 nitrogen and oxygen atoms in total. The summed E-state index contributed by atoms with van der Waals surface area (Å²) in [6, 6.07) is 9.11.